The van der Waals surface area contributed by atoms with Crippen molar-refractivity contribution in [3.8, 4) is 17.2 Å². The molecule has 1 unspecified atom stereocenters. The number of methoxy groups -OCH3 is 3. The van der Waals surface area contributed by atoms with Gasteiger partial charge in [-0.25, -0.2) is 0 Å². The Morgan fingerprint density at radius 1 is 0.976 bits per heavy atom. The van der Waals surface area contributed by atoms with E-state index in [0.717, 1.165) is 22.6 Å². The van der Waals surface area contributed by atoms with E-state index in [4.69, 9.17) is 25.8 Å². The van der Waals surface area contributed by atoms with Crippen molar-refractivity contribution >= 4 is 34.7 Å². The SMILES string of the molecule is COc1ccc(C2C3=C(CC(C)(C)CC3=O)Nc3ccccc3N2CC(=O)NCc2ccc(Cl)cc2)c(OC)c1OC. The minimum atomic E-state index is -0.643. The molecule has 0 saturated carbocycles. The zero-order valence-electron chi connectivity index (χ0n) is 24.5. The van der Waals surface area contributed by atoms with Crippen molar-refractivity contribution in [3.05, 3.63) is 88.1 Å². The molecule has 3 aromatic rings. The standard InChI is InChI=1S/C33H36ClN3O5/c1-33(2)16-24-29(26(38)17-33)30(22-14-15-27(40-3)32(42-5)31(22)41-4)37(25-9-7-6-8-23(25)36-24)19-28(39)35-18-20-10-12-21(34)13-11-20/h6-15,30,36H,16-19H2,1-5H3,(H,35,39). The van der Waals surface area contributed by atoms with Gasteiger partial charge in [0.2, 0.25) is 11.7 Å². The fraction of sp³-hybridized carbons (Fsp3) is 0.333. The quantitative estimate of drug-likeness (QED) is 0.319. The lowest BCUT2D eigenvalue weighted by Gasteiger charge is -2.38. The summed E-state index contributed by atoms with van der Waals surface area (Å²) >= 11 is 6.03. The molecule has 5 rings (SSSR count). The number of carbonyl (C=O) groups is 2. The van der Waals surface area contributed by atoms with Crippen LogP contribution in [0.3, 0.4) is 0 Å². The van der Waals surface area contributed by atoms with E-state index in [9.17, 15) is 9.59 Å². The Kier molecular flexibility index (Phi) is 8.36. The second kappa shape index (κ2) is 12.0. The Bertz CT molecular complexity index is 1530. The number of nitrogens with zero attached hydrogens (tertiary/aromatic N) is 1. The van der Waals surface area contributed by atoms with E-state index in [1.165, 1.54) is 0 Å². The number of halogens is 1. The smallest absolute Gasteiger partial charge is 0.239 e. The van der Waals surface area contributed by atoms with Crippen LogP contribution in [0.5, 0.6) is 17.2 Å². The highest BCUT2D eigenvalue weighted by molar-refractivity contribution is 6.30. The number of hydrogen-bond donors (Lipinski definition) is 2. The summed E-state index contributed by atoms with van der Waals surface area (Å²) in [6.45, 7) is 4.53. The van der Waals surface area contributed by atoms with Crippen LogP contribution in [-0.4, -0.2) is 39.6 Å². The van der Waals surface area contributed by atoms with Gasteiger partial charge in [0.05, 0.1) is 45.3 Å². The maximum Gasteiger partial charge on any atom is 0.239 e. The molecule has 42 heavy (non-hydrogen) atoms. The molecular formula is C33H36ClN3O5. The van der Waals surface area contributed by atoms with Crippen LogP contribution >= 0.6 is 11.6 Å². The third kappa shape index (κ3) is 5.77. The predicted molar refractivity (Wildman–Crippen MR) is 165 cm³/mol. The average molecular weight is 590 g/mol. The molecule has 1 aliphatic heterocycles. The number of fused-ring (bicyclic) bond motifs is 1. The zero-order valence-corrected chi connectivity index (χ0v) is 25.3. The van der Waals surface area contributed by atoms with Gasteiger partial charge in [-0.2, -0.15) is 0 Å². The third-order valence-corrected chi connectivity index (χ3v) is 8.00. The number of hydrogen-bond acceptors (Lipinski definition) is 7. The summed E-state index contributed by atoms with van der Waals surface area (Å²) in [7, 11) is 4.68. The maximum atomic E-state index is 14.0. The third-order valence-electron chi connectivity index (χ3n) is 7.75. The molecule has 3 aromatic carbocycles. The highest BCUT2D eigenvalue weighted by atomic mass is 35.5. The lowest BCUT2D eigenvalue weighted by Crippen LogP contribution is -2.42. The first-order chi connectivity index (χ1) is 20.2. The van der Waals surface area contributed by atoms with Crippen LogP contribution in [0.1, 0.15) is 43.9 Å². The van der Waals surface area contributed by atoms with Crippen LogP contribution in [0.2, 0.25) is 5.02 Å². The van der Waals surface area contributed by atoms with Crippen LogP contribution in [0.25, 0.3) is 0 Å². The number of anilines is 2. The van der Waals surface area contributed by atoms with Gasteiger partial charge in [0.25, 0.3) is 0 Å². The van der Waals surface area contributed by atoms with E-state index in [1.54, 1.807) is 39.5 Å². The minimum Gasteiger partial charge on any atom is -0.493 e. The summed E-state index contributed by atoms with van der Waals surface area (Å²) in [4.78, 5) is 29.6. The highest BCUT2D eigenvalue weighted by Crippen LogP contribution is 2.52. The number of rotatable bonds is 8. The van der Waals surface area contributed by atoms with Crippen LogP contribution in [0.4, 0.5) is 11.4 Å². The summed E-state index contributed by atoms with van der Waals surface area (Å²) in [6.07, 6.45) is 1.05. The van der Waals surface area contributed by atoms with Crippen molar-refractivity contribution in [3.63, 3.8) is 0 Å². The molecule has 0 radical (unpaired) electrons. The fourth-order valence-electron chi connectivity index (χ4n) is 5.90. The van der Waals surface area contributed by atoms with Crippen molar-refractivity contribution in [2.24, 2.45) is 5.41 Å². The monoisotopic (exact) mass is 589 g/mol. The first kappa shape index (κ1) is 29.3. The lowest BCUT2D eigenvalue weighted by atomic mass is 9.73. The van der Waals surface area contributed by atoms with E-state index in [0.29, 0.717) is 52.8 Å². The van der Waals surface area contributed by atoms with E-state index >= 15 is 0 Å². The van der Waals surface area contributed by atoms with Gasteiger partial charge in [-0.3, -0.25) is 9.59 Å². The summed E-state index contributed by atoms with van der Waals surface area (Å²) in [5.41, 5.74) is 4.47. The number of Topliss-reactive ketones (excluding diaryl/α,β-unsaturated/α-hetero) is 1. The van der Waals surface area contributed by atoms with Gasteiger partial charge in [0.1, 0.15) is 0 Å². The first-order valence-corrected chi connectivity index (χ1v) is 14.2. The second-order valence-corrected chi connectivity index (χ2v) is 11.8. The zero-order chi connectivity index (χ0) is 30.0. The highest BCUT2D eigenvalue weighted by Gasteiger charge is 2.43. The second-order valence-electron chi connectivity index (χ2n) is 11.3. The molecule has 0 bridgehead atoms. The van der Waals surface area contributed by atoms with Crippen molar-refractivity contribution in [1.82, 2.24) is 5.32 Å². The van der Waals surface area contributed by atoms with Gasteiger partial charge >= 0.3 is 0 Å². The van der Waals surface area contributed by atoms with Crippen molar-refractivity contribution < 1.29 is 23.8 Å². The van der Waals surface area contributed by atoms with Gasteiger partial charge in [-0.1, -0.05) is 49.7 Å². The normalized spacial score (nSPS) is 17.4. The van der Waals surface area contributed by atoms with Gasteiger partial charge in [0.15, 0.2) is 17.3 Å². The first-order valence-electron chi connectivity index (χ1n) is 13.8. The Hall–Kier alpha value is -4.17. The molecule has 1 heterocycles. The minimum absolute atomic E-state index is 0.0120. The largest absolute Gasteiger partial charge is 0.493 e. The van der Waals surface area contributed by atoms with Gasteiger partial charge in [-0.15, -0.1) is 0 Å². The van der Waals surface area contributed by atoms with Gasteiger partial charge in [-0.05, 0) is 53.8 Å². The average Bonchev–Trinajstić information content (AvgIpc) is 3.09. The summed E-state index contributed by atoms with van der Waals surface area (Å²) < 4.78 is 17.2. The Morgan fingerprint density at radius 3 is 2.38 bits per heavy atom. The molecule has 220 valence electrons. The molecule has 0 aromatic heterocycles. The molecule has 0 fully saturated rings. The molecular weight excluding hydrogens is 554 g/mol. The summed E-state index contributed by atoms with van der Waals surface area (Å²) in [5.74, 6) is 1.19. The molecule has 8 nitrogen and oxygen atoms in total. The number of amides is 1. The fourth-order valence-corrected chi connectivity index (χ4v) is 6.03. The summed E-state index contributed by atoms with van der Waals surface area (Å²) in [6, 6.07) is 18.2. The van der Waals surface area contributed by atoms with E-state index in [2.05, 4.69) is 24.5 Å². The molecule has 1 atom stereocenters. The van der Waals surface area contributed by atoms with Gasteiger partial charge in [0, 0.05) is 34.8 Å². The van der Waals surface area contributed by atoms with E-state index < -0.39 is 6.04 Å². The Morgan fingerprint density at radius 2 is 1.69 bits per heavy atom. The maximum absolute atomic E-state index is 14.0. The number of para-hydroxylation sites is 2. The van der Waals surface area contributed by atoms with Crippen molar-refractivity contribution in [2.45, 2.75) is 39.3 Å². The number of ether oxygens (including phenoxy) is 3. The number of nitrogens with one attached hydrogen (secondary N) is 2. The van der Waals surface area contributed by atoms with Crippen LogP contribution < -0.4 is 29.7 Å². The van der Waals surface area contributed by atoms with Gasteiger partial charge < -0.3 is 29.7 Å². The predicted octanol–water partition coefficient (Wildman–Crippen LogP) is 6.30. The lowest BCUT2D eigenvalue weighted by molar-refractivity contribution is -0.121. The molecule has 2 N–H and O–H groups in total. The number of benzene rings is 3. The van der Waals surface area contributed by atoms with Crippen LogP contribution in [0, 0.1) is 5.41 Å². The summed E-state index contributed by atoms with van der Waals surface area (Å²) in [5, 5.41) is 7.25. The van der Waals surface area contributed by atoms with E-state index in [1.807, 2.05) is 47.4 Å². The van der Waals surface area contributed by atoms with Crippen molar-refractivity contribution in [1.29, 1.82) is 0 Å². The molecule has 1 amide bonds. The van der Waals surface area contributed by atoms with E-state index in [-0.39, 0.29) is 23.7 Å². The number of carbonyl (C=O) groups excluding carboxylic acids is 2. The van der Waals surface area contributed by atoms with Crippen LogP contribution in [0.15, 0.2) is 71.9 Å². The number of allylic oxidation sites excluding steroid dienone is 1. The van der Waals surface area contributed by atoms with Crippen LogP contribution in [-0.2, 0) is 16.1 Å². The number of ketones is 1. The Labute approximate surface area is 251 Å². The topological polar surface area (TPSA) is 89.1 Å². The molecule has 0 saturated heterocycles. The molecule has 2 aliphatic rings. The van der Waals surface area contributed by atoms with Crippen molar-refractivity contribution in [2.75, 3.05) is 38.1 Å². The molecule has 1 aliphatic carbocycles. The Balaban J connectivity index is 1.65. The molecule has 0 spiro atoms. The molecule has 9 heteroatoms.